The molecule has 8 heteroatoms. The molecule has 3 aromatic carbocycles. The van der Waals surface area contributed by atoms with Gasteiger partial charge >= 0.3 is 18.2 Å². The minimum atomic E-state index is -0.667. The van der Waals surface area contributed by atoms with E-state index in [4.69, 9.17) is 14.2 Å². The lowest BCUT2D eigenvalue weighted by Gasteiger charge is -2.24. The van der Waals surface area contributed by atoms with Gasteiger partial charge < -0.3 is 19.5 Å². The quantitative estimate of drug-likeness (QED) is 0.290. The molecular formula is C31H34N2O6. The van der Waals surface area contributed by atoms with Crippen LogP contribution in [0, 0.1) is 0 Å². The first-order chi connectivity index (χ1) is 18.7. The molecule has 0 fully saturated rings. The number of benzene rings is 3. The molecule has 0 bridgehead atoms. The summed E-state index contributed by atoms with van der Waals surface area (Å²) in [7, 11) is 0. The molecule has 1 aliphatic carbocycles. The highest BCUT2D eigenvalue weighted by atomic mass is 16.6. The topological polar surface area (TPSA) is 94.2 Å². The molecule has 39 heavy (non-hydrogen) atoms. The zero-order valence-electron chi connectivity index (χ0n) is 22.5. The summed E-state index contributed by atoms with van der Waals surface area (Å²) in [5, 5.41) is 2.62. The Hall–Kier alpha value is -4.33. The Labute approximate surface area is 228 Å². The maximum absolute atomic E-state index is 13.2. The molecule has 0 radical (unpaired) electrons. The summed E-state index contributed by atoms with van der Waals surface area (Å²) in [5.41, 5.74) is 4.61. The summed E-state index contributed by atoms with van der Waals surface area (Å²) >= 11 is 0. The number of nitrogens with one attached hydrogen (secondary N) is 1. The van der Waals surface area contributed by atoms with Crippen molar-refractivity contribution in [3.8, 4) is 11.1 Å². The van der Waals surface area contributed by atoms with Crippen molar-refractivity contribution in [1.82, 2.24) is 10.2 Å². The van der Waals surface area contributed by atoms with Crippen molar-refractivity contribution in [2.24, 2.45) is 0 Å². The number of ether oxygens (including phenoxy) is 3. The van der Waals surface area contributed by atoms with Crippen molar-refractivity contribution < 1.29 is 28.6 Å². The number of esters is 1. The zero-order chi connectivity index (χ0) is 27.8. The van der Waals surface area contributed by atoms with Crippen molar-refractivity contribution in [3.05, 3.63) is 95.6 Å². The fraction of sp³-hybridized carbons (Fsp3) is 0.323. The van der Waals surface area contributed by atoms with Gasteiger partial charge in [0.15, 0.2) is 0 Å². The van der Waals surface area contributed by atoms with Gasteiger partial charge in [0.2, 0.25) is 0 Å². The molecule has 204 valence electrons. The first-order valence-electron chi connectivity index (χ1n) is 13.0. The van der Waals surface area contributed by atoms with Crippen LogP contribution in [-0.2, 0) is 25.6 Å². The fourth-order valence-electron chi connectivity index (χ4n) is 4.47. The number of fused-ring (bicyclic) bond motifs is 3. The van der Waals surface area contributed by atoms with E-state index in [-0.39, 0.29) is 38.8 Å². The minimum Gasteiger partial charge on any atom is -0.459 e. The van der Waals surface area contributed by atoms with Crippen molar-refractivity contribution >= 4 is 18.2 Å². The summed E-state index contributed by atoms with van der Waals surface area (Å²) in [5.74, 6) is -0.697. The van der Waals surface area contributed by atoms with E-state index < -0.39 is 23.8 Å². The van der Waals surface area contributed by atoms with Gasteiger partial charge in [0, 0.05) is 19.0 Å². The van der Waals surface area contributed by atoms with E-state index in [9.17, 15) is 14.4 Å². The molecule has 4 rings (SSSR count). The average molecular weight is 531 g/mol. The van der Waals surface area contributed by atoms with Crippen LogP contribution in [0.1, 0.15) is 43.4 Å². The van der Waals surface area contributed by atoms with E-state index in [2.05, 4.69) is 17.4 Å². The van der Waals surface area contributed by atoms with E-state index in [1.54, 1.807) is 20.8 Å². The second-order valence-electron chi connectivity index (χ2n) is 10.3. The number of alkyl carbamates (subject to hydrolysis) is 1. The second kappa shape index (κ2) is 12.5. The van der Waals surface area contributed by atoms with Gasteiger partial charge in [-0.15, -0.1) is 0 Å². The monoisotopic (exact) mass is 530 g/mol. The number of hydrogen-bond acceptors (Lipinski definition) is 6. The Bertz CT molecular complexity index is 1260. The van der Waals surface area contributed by atoms with Crippen LogP contribution in [0.4, 0.5) is 9.59 Å². The van der Waals surface area contributed by atoms with Gasteiger partial charge in [-0.05, 0) is 48.6 Å². The summed E-state index contributed by atoms with van der Waals surface area (Å²) < 4.78 is 16.4. The Morgan fingerprint density at radius 1 is 0.821 bits per heavy atom. The predicted octanol–water partition coefficient (Wildman–Crippen LogP) is 5.51. The summed E-state index contributed by atoms with van der Waals surface area (Å²) in [6.07, 6.45) is -1.28. The van der Waals surface area contributed by atoms with Gasteiger partial charge in [-0.3, -0.25) is 9.69 Å². The normalized spacial score (nSPS) is 12.2. The third kappa shape index (κ3) is 7.60. The summed E-state index contributed by atoms with van der Waals surface area (Å²) in [6, 6.07) is 25.4. The molecule has 8 nitrogen and oxygen atoms in total. The van der Waals surface area contributed by atoms with E-state index in [1.807, 2.05) is 66.7 Å². The van der Waals surface area contributed by atoms with Gasteiger partial charge in [-0.25, -0.2) is 9.59 Å². The van der Waals surface area contributed by atoms with Crippen molar-refractivity contribution in [2.75, 3.05) is 26.2 Å². The molecule has 3 aromatic rings. The van der Waals surface area contributed by atoms with Gasteiger partial charge in [0.05, 0.1) is 0 Å². The summed E-state index contributed by atoms with van der Waals surface area (Å²) in [4.78, 5) is 39.1. The number of carbonyl (C=O) groups is 3. The number of hydrogen-bond donors (Lipinski definition) is 1. The molecule has 0 aromatic heterocycles. The highest BCUT2D eigenvalue weighted by molar-refractivity contribution is 5.80. The van der Waals surface area contributed by atoms with E-state index in [0.717, 1.165) is 27.8 Å². The van der Waals surface area contributed by atoms with Crippen LogP contribution < -0.4 is 5.32 Å². The van der Waals surface area contributed by atoms with Crippen molar-refractivity contribution in [1.29, 1.82) is 0 Å². The lowest BCUT2D eigenvalue weighted by Crippen LogP contribution is -2.43. The molecular weight excluding hydrogens is 496 g/mol. The average Bonchev–Trinajstić information content (AvgIpc) is 3.23. The Balaban J connectivity index is 1.40. The SMILES string of the molecule is CC(C)(C)OC(=O)NCCN(CC(=O)OCc1ccccc1)C(=O)OCC1c2ccccc2-c2ccccc21. The van der Waals surface area contributed by atoms with Crippen molar-refractivity contribution in [2.45, 2.75) is 38.9 Å². The standard InChI is InChI=1S/C31H34N2O6/c1-31(2,3)39-29(35)32-17-18-33(19-28(34)37-20-22-11-5-4-6-12-22)30(36)38-21-27-25-15-9-7-13-23(25)24-14-8-10-16-26(24)27/h4-16,27H,17-21H2,1-3H3,(H,32,35). The van der Waals surface area contributed by atoms with Crippen LogP contribution in [0.15, 0.2) is 78.9 Å². The molecule has 0 saturated heterocycles. The third-order valence-corrected chi connectivity index (χ3v) is 6.21. The lowest BCUT2D eigenvalue weighted by molar-refractivity contribution is -0.145. The summed E-state index contributed by atoms with van der Waals surface area (Å²) in [6.45, 7) is 5.28. The van der Waals surface area contributed by atoms with E-state index in [1.165, 1.54) is 4.90 Å². The molecule has 1 aliphatic rings. The maximum Gasteiger partial charge on any atom is 0.410 e. The number of nitrogens with zero attached hydrogens (tertiary/aromatic N) is 1. The Morgan fingerprint density at radius 2 is 1.41 bits per heavy atom. The van der Waals surface area contributed by atoms with E-state index >= 15 is 0 Å². The third-order valence-electron chi connectivity index (χ3n) is 6.21. The highest BCUT2D eigenvalue weighted by Gasteiger charge is 2.30. The smallest absolute Gasteiger partial charge is 0.410 e. The molecule has 0 spiro atoms. The van der Waals surface area contributed by atoms with Crippen LogP contribution in [0.3, 0.4) is 0 Å². The molecule has 0 unspecified atom stereocenters. The van der Waals surface area contributed by atoms with Crippen LogP contribution in [0.5, 0.6) is 0 Å². The highest BCUT2D eigenvalue weighted by Crippen LogP contribution is 2.44. The molecule has 0 saturated carbocycles. The number of carbonyl (C=O) groups excluding carboxylic acids is 3. The first-order valence-corrected chi connectivity index (χ1v) is 13.0. The first kappa shape index (κ1) is 27.7. The number of rotatable bonds is 9. The van der Waals surface area contributed by atoms with Gasteiger partial charge in [0.1, 0.15) is 25.4 Å². The van der Waals surface area contributed by atoms with Gasteiger partial charge in [0.25, 0.3) is 0 Å². The fourth-order valence-corrected chi connectivity index (χ4v) is 4.47. The molecule has 0 heterocycles. The van der Waals surface area contributed by atoms with Crippen LogP contribution in [0.2, 0.25) is 0 Å². The zero-order valence-corrected chi connectivity index (χ0v) is 22.5. The van der Waals surface area contributed by atoms with Gasteiger partial charge in [-0.2, -0.15) is 0 Å². The molecule has 1 N–H and O–H groups in total. The number of amides is 2. The molecule has 2 amide bonds. The molecule has 0 aliphatic heterocycles. The van der Waals surface area contributed by atoms with Gasteiger partial charge in [-0.1, -0.05) is 78.9 Å². The predicted molar refractivity (Wildman–Crippen MR) is 147 cm³/mol. The second-order valence-corrected chi connectivity index (χ2v) is 10.3. The Morgan fingerprint density at radius 3 is 2.03 bits per heavy atom. The largest absolute Gasteiger partial charge is 0.459 e. The minimum absolute atomic E-state index is 0.0380. The van der Waals surface area contributed by atoms with Crippen molar-refractivity contribution in [3.63, 3.8) is 0 Å². The van der Waals surface area contributed by atoms with E-state index in [0.29, 0.717) is 0 Å². The Kier molecular flexibility index (Phi) is 8.86. The van der Waals surface area contributed by atoms with Crippen LogP contribution >= 0.6 is 0 Å². The maximum atomic E-state index is 13.2. The van der Waals surface area contributed by atoms with Crippen LogP contribution in [-0.4, -0.2) is 54.9 Å². The van der Waals surface area contributed by atoms with Crippen LogP contribution in [0.25, 0.3) is 11.1 Å². The lowest BCUT2D eigenvalue weighted by atomic mass is 9.98. The molecule has 0 atom stereocenters.